The quantitative estimate of drug-likeness (QED) is 0.881. The summed E-state index contributed by atoms with van der Waals surface area (Å²) in [5.41, 5.74) is 2.55. The molecular weight excluding hydrogens is 302 g/mol. The normalized spacial score (nSPS) is 15.5. The molecule has 0 aromatic carbocycles. The summed E-state index contributed by atoms with van der Waals surface area (Å²) < 4.78 is 1.78. The zero-order chi connectivity index (χ0) is 17.3. The Morgan fingerprint density at radius 2 is 2.12 bits per heavy atom. The van der Waals surface area contributed by atoms with Crippen molar-refractivity contribution in [3.8, 4) is 5.82 Å². The van der Waals surface area contributed by atoms with Gasteiger partial charge >= 0.3 is 0 Å². The molecule has 0 spiro atoms. The number of aryl methyl sites for hydroxylation is 2. The van der Waals surface area contributed by atoms with E-state index in [1.54, 1.807) is 16.9 Å². The van der Waals surface area contributed by atoms with E-state index in [9.17, 15) is 4.79 Å². The van der Waals surface area contributed by atoms with E-state index in [1.165, 1.54) is 12.8 Å². The summed E-state index contributed by atoms with van der Waals surface area (Å²) in [5.74, 6) is 1.36. The number of carbonyl (C=O) groups excluding carboxylic acids is 1. The van der Waals surface area contributed by atoms with Crippen LogP contribution in [-0.4, -0.2) is 52.3 Å². The van der Waals surface area contributed by atoms with Crippen LogP contribution in [-0.2, 0) is 0 Å². The maximum Gasteiger partial charge on any atom is 0.252 e. The molecular formula is C18H25N5O. The van der Waals surface area contributed by atoms with Gasteiger partial charge in [0, 0.05) is 24.5 Å². The van der Waals surface area contributed by atoms with Crippen molar-refractivity contribution >= 4 is 5.91 Å². The molecule has 2 aromatic heterocycles. The smallest absolute Gasteiger partial charge is 0.252 e. The SMILES string of the molecule is Cc1cc(C)n(-c2ccc(C(=O)NC[C@H](C3CC3)N(C)C)cn2)n1. The number of pyridine rings is 1. The molecule has 2 heterocycles. The molecule has 0 unspecified atom stereocenters. The van der Waals surface area contributed by atoms with Crippen LogP contribution < -0.4 is 5.32 Å². The third-order valence-electron chi connectivity index (χ3n) is 4.54. The van der Waals surface area contributed by atoms with Crippen molar-refractivity contribution in [3.05, 3.63) is 41.3 Å². The van der Waals surface area contributed by atoms with Crippen molar-refractivity contribution in [3.63, 3.8) is 0 Å². The Kier molecular flexibility index (Phi) is 4.66. The van der Waals surface area contributed by atoms with E-state index in [2.05, 4.69) is 34.4 Å². The summed E-state index contributed by atoms with van der Waals surface area (Å²) in [5, 5.41) is 7.44. The van der Waals surface area contributed by atoms with Gasteiger partial charge < -0.3 is 10.2 Å². The lowest BCUT2D eigenvalue weighted by Gasteiger charge is -2.24. The number of amides is 1. The molecule has 128 valence electrons. The number of hydrogen-bond donors (Lipinski definition) is 1. The second-order valence-electron chi connectivity index (χ2n) is 6.82. The lowest BCUT2D eigenvalue weighted by molar-refractivity contribution is 0.0938. The zero-order valence-corrected chi connectivity index (χ0v) is 14.8. The van der Waals surface area contributed by atoms with Crippen LogP contribution >= 0.6 is 0 Å². The minimum Gasteiger partial charge on any atom is -0.350 e. The van der Waals surface area contributed by atoms with E-state index in [4.69, 9.17) is 0 Å². The van der Waals surface area contributed by atoms with E-state index in [0.717, 1.165) is 17.2 Å². The summed E-state index contributed by atoms with van der Waals surface area (Å²) in [7, 11) is 4.14. The number of nitrogens with zero attached hydrogens (tertiary/aromatic N) is 4. The molecule has 1 saturated carbocycles. The first-order valence-electron chi connectivity index (χ1n) is 8.40. The fourth-order valence-corrected chi connectivity index (χ4v) is 3.06. The molecule has 1 atom stereocenters. The summed E-state index contributed by atoms with van der Waals surface area (Å²) in [6, 6.07) is 6.05. The summed E-state index contributed by atoms with van der Waals surface area (Å²) in [6.45, 7) is 4.61. The molecule has 6 heteroatoms. The average molecular weight is 327 g/mol. The predicted molar refractivity (Wildman–Crippen MR) is 93.4 cm³/mol. The molecule has 0 aliphatic heterocycles. The summed E-state index contributed by atoms with van der Waals surface area (Å²) >= 11 is 0. The molecule has 1 aliphatic rings. The molecule has 0 saturated heterocycles. The van der Waals surface area contributed by atoms with Crippen molar-refractivity contribution in [2.45, 2.75) is 32.7 Å². The fraction of sp³-hybridized carbons (Fsp3) is 0.500. The predicted octanol–water partition coefficient (Wildman–Crippen LogP) is 1.95. The molecule has 0 radical (unpaired) electrons. The Morgan fingerprint density at radius 3 is 2.62 bits per heavy atom. The van der Waals surface area contributed by atoms with Crippen molar-refractivity contribution in [2.75, 3.05) is 20.6 Å². The lowest BCUT2D eigenvalue weighted by Crippen LogP contribution is -2.41. The van der Waals surface area contributed by atoms with Gasteiger partial charge in [0.05, 0.1) is 11.3 Å². The Hall–Kier alpha value is -2.21. The van der Waals surface area contributed by atoms with Gasteiger partial charge in [-0.2, -0.15) is 5.10 Å². The second kappa shape index (κ2) is 6.73. The van der Waals surface area contributed by atoms with E-state index in [0.29, 0.717) is 24.1 Å². The van der Waals surface area contributed by atoms with Crippen LogP contribution in [0.15, 0.2) is 24.4 Å². The standard InChI is InChI=1S/C18H25N5O/c1-12-9-13(2)23(21-12)17-8-7-15(10-19-17)18(24)20-11-16(22(3)4)14-5-6-14/h7-10,14,16H,5-6,11H2,1-4H3,(H,20,24)/t16-/m1/s1. The van der Waals surface area contributed by atoms with Crippen LogP contribution in [0.3, 0.4) is 0 Å². The maximum atomic E-state index is 12.3. The van der Waals surface area contributed by atoms with Gasteiger partial charge in [0.2, 0.25) is 0 Å². The van der Waals surface area contributed by atoms with Gasteiger partial charge in [-0.3, -0.25) is 4.79 Å². The Balaban J connectivity index is 1.64. The first kappa shape index (κ1) is 16.6. The number of nitrogens with one attached hydrogen (secondary N) is 1. The van der Waals surface area contributed by atoms with E-state index in [1.807, 2.05) is 26.0 Å². The highest BCUT2D eigenvalue weighted by molar-refractivity contribution is 5.93. The maximum absolute atomic E-state index is 12.3. The molecule has 0 bridgehead atoms. The molecule has 3 rings (SSSR count). The highest BCUT2D eigenvalue weighted by atomic mass is 16.1. The molecule has 2 aromatic rings. The van der Waals surface area contributed by atoms with Crippen LogP contribution in [0, 0.1) is 19.8 Å². The van der Waals surface area contributed by atoms with E-state index < -0.39 is 0 Å². The van der Waals surface area contributed by atoms with Gasteiger partial charge in [0.15, 0.2) is 5.82 Å². The first-order chi connectivity index (χ1) is 11.5. The van der Waals surface area contributed by atoms with Gasteiger partial charge in [-0.15, -0.1) is 0 Å². The van der Waals surface area contributed by atoms with Crippen LogP contribution in [0.4, 0.5) is 0 Å². The number of carbonyl (C=O) groups is 1. The van der Waals surface area contributed by atoms with E-state index in [-0.39, 0.29) is 5.91 Å². The van der Waals surface area contributed by atoms with Crippen molar-refractivity contribution < 1.29 is 4.79 Å². The minimum absolute atomic E-state index is 0.0742. The zero-order valence-electron chi connectivity index (χ0n) is 14.8. The molecule has 24 heavy (non-hydrogen) atoms. The van der Waals surface area contributed by atoms with Gasteiger partial charge in [-0.25, -0.2) is 9.67 Å². The third-order valence-corrected chi connectivity index (χ3v) is 4.54. The summed E-state index contributed by atoms with van der Waals surface area (Å²) in [4.78, 5) is 18.9. The Bertz CT molecular complexity index is 714. The Morgan fingerprint density at radius 1 is 1.38 bits per heavy atom. The van der Waals surface area contributed by atoms with Gasteiger partial charge in [0.25, 0.3) is 5.91 Å². The van der Waals surface area contributed by atoms with Crippen LogP contribution in [0.5, 0.6) is 0 Å². The second-order valence-corrected chi connectivity index (χ2v) is 6.82. The molecule has 1 fully saturated rings. The van der Waals surface area contributed by atoms with Gasteiger partial charge in [0.1, 0.15) is 0 Å². The molecule has 6 nitrogen and oxygen atoms in total. The van der Waals surface area contributed by atoms with Crippen molar-refractivity contribution in [1.82, 2.24) is 25.0 Å². The summed E-state index contributed by atoms with van der Waals surface area (Å²) in [6.07, 6.45) is 4.14. The Labute approximate surface area is 142 Å². The number of likely N-dealkylation sites (N-methyl/N-ethyl adjacent to an activating group) is 1. The van der Waals surface area contributed by atoms with Crippen molar-refractivity contribution in [1.29, 1.82) is 0 Å². The van der Waals surface area contributed by atoms with E-state index >= 15 is 0 Å². The van der Waals surface area contributed by atoms with Crippen molar-refractivity contribution in [2.24, 2.45) is 5.92 Å². The molecule has 1 amide bonds. The third kappa shape index (κ3) is 3.64. The topological polar surface area (TPSA) is 63.1 Å². The number of rotatable bonds is 6. The van der Waals surface area contributed by atoms with Crippen LogP contribution in [0.1, 0.15) is 34.6 Å². The molecule has 1 aliphatic carbocycles. The highest BCUT2D eigenvalue weighted by Gasteiger charge is 2.32. The highest BCUT2D eigenvalue weighted by Crippen LogP contribution is 2.34. The number of hydrogen-bond acceptors (Lipinski definition) is 4. The first-order valence-corrected chi connectivity index (χ1v) is 8.40. The lowest BCUT2D eigenvalue weighted by atomic mass is 10.1. The largest absolute Gasteiger partial charge is 0.350 e. The van der Waals surface area contributed by atoms with Crippen LogP contribution in [0.2, 0.25) is 0 Å². The minimum atomic E-state index is -0.0742. The van der Waals surface area contributed by atoms with Crippen LogP contribution in [0.25, 0.3) is 5.82 Å². The van der Waals surface area contributed by atoms with Gasteiger partial charge in [-0.05, 0) is 64.9 Å². The average Bonchev–Trinajstić information content (AvgIpc) is 3.31. The number of aromatic nitrogens is 3. The molecule has 1 N–H and O–H groups in total. The monoisotopic (exact) mass is 327 g/mol. The fourth-order valence-electron chi connectivity index (χ4n) is 3.06. The van der Waals surface area contributed by atoms with Gasteiger partial charge in [-0.1, -0.05) is 0 Å².